The lowest BCUT2D eigenvalue weighted by atomic mass is 10.0. The van der Waals surface area contributed by atoms with E-state index in [9.17, 15) is 53.9 Å². The fourth-order valence-electron chi connectivity index (χ4n) is 3.35. The number of hydrogen-bond donors (Lipinski definition) is 0. The third kappa shape index (κ3) is 16.1. The fraction of sp³-hybridized carbons (Fsp3) is 0.864. The van der Waals surface area contributed by atoms with Gasteiger partial charge >= 0.3 is 45.2 Å². The van der Waals surface area contributed by atoms with Gasteiger partial charge in [-0.3, -0.25) is 0 Å². The largest absolute Gasteiger partial charge is 0.705 e. The molecule has 0 aromatic carbocycles. The van der Waals surface area contributed by atoms with E-state index in [0.717, 1.165) is 38.5 Å². The van der Waals surface area contributed by atoms with Gasteiger partial charge in [-0.05, 0) is 6.42 Å². The lowest BCUT2D eigenvalue weighted by Crippen LogP contribution is -2.55. The van der Waals surface area contributed by atoms with Gasteiger partial charge in [0.25, 0.3) is 0 Å². The van der Waals surface area contributed by atoms with Crippen molar-refractivity contribution in [2.24, 2.45) is 0 Å². The van der Waals surface area contributed by atoms with Crippen LogP contribution in [0.1, 0.15) is 96.8 Å². The second-order valence-corrected chi connectivity index (χ2v) is 11.2. The minimum atomic E-state index is -6.13. The summed E-state index contributed by atoms with van der Waals surface area (Å²) in [5.74, 6) is -9.79. The van der Waals surface area contributed by atoms with Crippen LogP contribution < -0.4 is 0 Å². The first-order valence-corrected chi connectivity index (χ1v) is 14.3. The molecule has 0 atom stereocenters. The Labute approximate surface area is 215 Å². The van der Waals surface area contributed by atoms with Crippen molar-refractivity contribution in [2.45, 2.75) is 121 Å². The maximum Gasteiger partial charge on any atom is 0.705 e. The lowest BCUT2D eigenvalue weighted by molar-refractivity contribution is -0.209. The Morgan fingerprint density at radius 3 is 0.947 bits per heavy atom. The van der Waals surface area contributed by atoms with Gasteiger partial charge in [-0.25, -0.2) is 14.4 Å². The summed E-state index contributed by atoms with van der Waals surface area (Å²) in [7, 11) is -6.13. The van der Waals surface area contributed by atoms with Crippen LogP contribution in [0.5, 0.6) is 0 Å². The summed E-state index contributed by atoms with van der Waals surface area (Å²) in [6.45, 7) is 2.13. The second kappa shape index (κ2) is 16.8. The van der Waals surface area contributed by atoms with E-state index in [1.165, 1.54) is 25.7 Å². The number of carbonyl (C=O) groups excluding carboxylic acids is 3. The average molecular weight is 593 g/mol. The molecular formula is C22H33F9O6Si. The summed E-state index contributed by atoms with van der Waals surface area (Å²) < 4.78 is 125. The highest BCUT2D eigenvalue weighted by molar-refractivity contribution is 6.65. The van der Waals surface area contributed by atoms with E-state index in [2.05, 4.69) is 20.2 Å². The average Bonchev–Trinajstić information content (AvgIpc) is 2.77. The minimum Gasteiger partial charge on any atom is -0.448 e. The highest BCUT2D eigenvalue weighted by atomic mass is 28.4. The number of alkyl halides is 9. The second-order valence-electron chi connectivity index (χ2n) is 8.69. The lowest BCUT2D eigenvalue weighted by Gasteiger charge is -2.28. The molecule has 0 amide bonds. The van der Waals surface area contributed by atoms with E-state index < -0.39 is 57.7 Å². The molecule has 6 nitrogen and oxygen atoms in total. The molecule has 0 radical (unpaired) electrons. The van der Waals surface area contributed by atoms with Crippen molar-refractivity contribution in [3.05, 3.63) is 0 Å². The van der Waals surface area contributed by atoms with Crippen molar-refractivity contribution in [1.82, 2.24) is 0 Å². The zero-order chi connectivity index (χ0) is 29.5. The summed E-state index contributed by atoms with van der Waals surface area (Å²) in [5.41, 5.74) is 0. The molecule has 224 valence electrons. The summed E-state index contributed by atoms with van der Waals surface area (Å²) in [6, 6.07) is -1.25. The van der Waals surface area contributed by atoms with Crippen molar-refractivity contribution >= 4 is 26.7 Å². The molecule has 0 fully saturated rings. The van der Waals surface area contributed by atoms with Gasteiger partial charge in [0, 0.05) is 0 Å². The number of halogens is 9. The normalized spacial score (nSPS) is 12.8. The predicted octanol–water partition coefficient (Wildman–Crippen LogP) is 7.72. The number of carbonyl (C=O) groups is 3. The molecular weight excluding hydrogens is 559 g/mol. The van der Waals surface area contributed by atoms with Crippen LogP contribution in [0.2, 0.25) is 6.04 Å². The predicted molar refractivity (Wildman–Crippen MR) is 117 cm³/mol. The van der Waals surface area contributed by atoms with Crippen LogP contribution in [-0.2, 0) is 27.7 Å². The molecule has 0 saturated heterocycles. The van der Waals surface area contributed by atoms with Crippen molar-refractivity contribution in [1.29, 1.82) is 0 Å². The maximum absolute atomic E-state index is 12.7. The Morgan fingerprint density at radius 1 is 0.474 bits per heavy atom. The molecule has 0 unspecified atom stereocenters. The van der Waals surface area contributed by atoms with E-state index in [0.29, 0.717) is 12.8 Å². The Morgan fingerprint density at radius 2 is 0.711 bits per heavy atom. The van der Waals surface area contributed by atoms with E-state index in [4.69, 9.17) is 0 Å². The van der Waals surface area contributed by atoms with E-state index in [-0.39, 0.29) is 6.42 Å². The SMILES string of the molecule is CCCCCCCCCCCCCCCC[Si](OC(=O)C(F)(F)F)(OC(=O)C(F)(F)F)OC(=O)C(F)(F)F. The van der Waals surface area contributed by atoms with Crippen molar-refractivity contribution < 1.29 is 67.2 Å². The van der Waals surface area contributed by atoms with Gasteiger partial charge in [0.15, 0.2) is 0 Å². The molecule has 0 rings (SSSR count). The van der Waals surface area contributed by atoms with Crippen molar-refractivity contribution in [3.63, 3.8) is 0 Å². The van der Waals surface area contributed by atoms with Crippen LogP contribution >= 0.6 is 0 Å². The van der Waals surface area contributed by atoms with Crippen LogP contribution in [0.25, 0.3) is 0 Å². The van der Waals surface area contributed by atoms with Gasteiger partial charge in [0.1, 0.15) is 0 Å². The molecule has 38 heavy (non-hydrogen) atoms. The van der Waals surface area contributed by atoms with Crippen LogP contribution in [0, 0.1) is 0 Å². The molecule has 0 saturated carbocycles. The number of rotatable bonds is 18. The van der Waals surface area contributed by atoms with Gasteiger partial charge in [-0.2, -0.15) is 39.5 Å². The summed E-state index contributed by atoms with van der Waals surface area (Å²) >= 11 is 0. The first-order valence-electron chi connectivity index (χ1n) is 12.3. The van der Waals surface area contributed by atoms with Gasteiger partial charge < -0.3 is 13.3 Å². The smallest absolute Gasteiger partial charge is 0.448 e. The number of hydrogen-bond acceptors (Lipinski definition) is 6. The Balaban J connectivity index is 5.00. The molecule has 0 aliphatic rings. The van der Waals surface area contributed by atoms with E-state index in [1.54, 1.807) is 0 Å². The monoisotopic (exact) mass is 592 g/mol. The Kier molecular flexibility index (Phi) is 16.0. The molecule has 16 heteroatoms. The quantitative estimate of drug-likeness (QED) is 0.0921. The number of unbranched alkanes of at least 4 members (excludes halogenated alkanes) is 13. The van der Waals surface area contributed by atoms with E-state index in [1.807, 2.05) is 0 Å². The molecule has 0 bridgehead atoms. The Bertz CT molecular complexity index is 654. The molecule has 0 aliphatic heterocycles. The van der Waals surface area contributed by atoms with Crippen LogP contribution in [0.15, 0.2) is 0 Å². The molecule has 0 N–H and O–H groups in total. The molecule has 0 aromatic heterocycles. The summed E-state index contributed by atoms with van der Waals surface area (Å²) in [4.78, 5) is 33.7. The molecule has 0 heterocycles. The van der Waals surface area contributed by atoms with Gasteiger partial charge in [0.05, 0.1) is 6.04 Å². The zero-order valence-corrected chi connectivity index (χ0v) is 22.0. The van der Waals surface area contributed by atoms with E-state index >= 15 is 0 Å². The van der Waals surface area contributed by atoms with Gasteiger partial charge in [0.2, 0.25) is 0 Å². The van der Waals surface area contributed by atoms with Crippen LogP contribution in [0.4, 0.5) is 39.5 Å². The maximum atomic E-state index is 12.7. The zero-order valence-electron chi connectivity index (χ0n) is 21.0. The Hall–Kier alpha value is -2.00. The molecule has 0 aliphatic carbocycles. The summed E-state index contributed by atoms with van der Waals surface area (Å²) in [6.07, 6.45) is -6.30. The first kappa shape index (κ1) is 36.0. The van der Waals surface area contributed by atoms with Gasteiger partial charge in [-0.15, -0.1) is 0 Å². The van der Waals surface area contributed by atoms with Crippen molar-refractivity contribution in [2.75, 3.05) is 0 Å². The standard InChI is InChI=1S/C22H33F9O6Si/c1-2-3-4-5-6-7-8-9-10-11-12-13-14-15-16-38(35-17(32)20(23,24)25,36-18(33)21(26,27)28)37-19(34)22(29,30)31/h2-16H2,1H3. The highest BCUT2D eigenvalue weighted by Gasteiger charge is 2.62. The first-order chi connectivity index (χ1) is 17.4. The molecule has 0 aromatic rings. The van der Waals surface area contributed by atoms with Gasteiger partial charge in [-0.1, -0.05) is 90.4 Å². The third-order valence-corrected chi connectivity index (χ3v) is 7.73. The highest BCUT2D eigenvalue weighted by Crippen LogP contribution is 2.31. The van der Waals surface area contributed by atoms with Crippen LogP contribution in [-0.4, -0.2) is 45.2 Å². The third-order valence-electron chi connectivity index (χ3n) is 5.28. The van der Waals surface area contributed by atoms with Crippen LogP contribution in [0.3, 0.4) is 0 Å². The summed E-state index contributed by atoms with van der Waals surface area (Å²) in [5, 5.41) is 0. The molecule has 0 spiro atoms. The van der Waals surface area contributed by atoms with Crippen molar-refractivity contribution in [3.8, 4) is 0 Å². The fourth-order valence-corrected chi connectivity index (χ4v) is 5.66. The topological polar surface area (TPSA) is 78.9 Å². The minimum absolute atomic E-state index is 0.0584.